The monoisotopic (exact) mass is 350 g/mol. The maximum Gasteiger partial charge on any atom is 0.327 e. The molecule has 3 atom stereocenters. The Bertz CT molecular complexity index is 678. The summed E-state index contributed by atoms with van der Waals surface area (Å²) in [6.07, 6.45) is 0. The van der Waals surface area contributed by atoms with Crippen molar-refractivity contribution in [3.05, 3.63) is 30.3 Å². The molecule has 2 amide bonds. The fraction of sp³-hybridized carbons (Fsp3) is 0.438. The number of hydrogen-bond donors (Lipinski definition) is 2. The lowest BCUT2D eigenvalue weighted by molar-refractivity contribution is -0.161. The van der Waals surface area contributed by atoms with Gasteiger partial charge in [-0.25, -0.2) is 4.79 Å². The van der Waals surface area contributed by atoms with E-state index in [0.29, 0.717) is 5.75 Å². The van der Waals surface area contributed by atoms with Crippen molar-refractivity contribution in [1.82, 2.24) is 10.2 Å². The van der Waals surface area contributed by atoms with Crippen LogP contribution in [0.3, 0.4) is 0 Å². The average molecular weight is 350 g/mol. The van der Waals surface area contributed by atoms with Crippen molar-refractivity contribution in [3.63, 3.8) is 0 Å². The van der Waals surface area contributed by atoms with Crippen molar-refractivity contribution < 1.29 is 24.2 Å². The number of aliphatic carboxylic acids is 1. The van der Waals surface area contributed by atoms with E-state index >= 15 is 0 Å². The van der Waals surface area contributed by atoms with Crippen LogP contribution in [0.15, 0.2) is 30.3 Å². The van der Waals surface area contributed by atoms with E-state index in [1.165, 1.54) is 16.7 Å². The Morgan fingerprint density at radius 2 is 2.00 bits per heavy atom. The van der Waals surface area contributed by atoms with Crippen molar-refractivity contribution in [2.24, 2.45) is 0 Å². The SMILES string of the molecule is CC1(C)S[C@@H]2[C@H](NC(=O)COc3ccccc3)C(=O)N2C1C(=O)O. The Morgan fingerprint density at radius 1 is 1.33 bits per heavy atom. The molecular weight excluding hydrogens is 332 g/mol. The lowest BCUT2D eigenvalue weighted by Crippen LogP contribution is -2.70. The van der Waals surface area contributed by atoms with Gasteiger partial charge in [-0.05, 0) is 26.0 Å². The van der Waals surface area contributed by atoms with E-state index in [0.717, 1.165) is 0 Å². The number of fused-ring (bicyclic) bond motifs is 1. The number of carbonyl (C=O) groups is 3. The number of rotatable bonds is 5. The first-order valence-electron chi connectivity index (χ1n) is 7.51. The van der Waals surface area contributed by atoms with Gasteiger partial charge in [-0.3, -0.25) is 9.59 Å². The summed E-state index contributed by atoms with van der Waals surface area (Å²) in [5.74, 6) is -1.23. The molecule has 0 aliphatic carbocycles. The maximum absolute atomic E-state index is 12.2. The highest BCUT2D eigenvalue weighted by Gasteiger charge is 2.64. The van der Waals surface area contributed by atoms with Crippen LogP contribution in [0, 0.1) is 0 Å². The summed E-state index contributed by atoms with van der Waals surface area (Å²) in [6.45, 7) is 3.38. The molecule has 2 saturated heterocycles. The van der Waals surface area contributed by atoms with Crippen LogP contribution in [-0.2, 0) is 14.4 Å². The molecule has 1 aromatic carbocycles. The van der Waals surface area contributed by atoms with Gasteiger partial charge in [-0.2, -0.15) is 0 Å². The Balaban J connectivity index is 1.59. The average Bonchev–Trinajstić information content (AvgIpc) is 2.80. The zero-order valence-corrected chi connectivity index (χ0v) is 14.1. The molecule has 1 aromatic rings. The van der Waals surface area contributed by atoms with Gasteiger partial charge in [0.25, 0.3) is 5.91 Å². The molecule has 2 heterocycles. The molecule has 0 bridgehead atoms. The number of carbonyl (C=O) groups excluding carboxylic acids is 2. The first-order chi connectivity index (χ1) is 11.3. The number of hydrogen-bond acceptors (Lipinski definition) is 5. The summed E-state index contributed by atoms with van der Waals surface area (Å²) >= 11 is 1.39. The molecule has 2 aliphatic rings. The Hall–Kier alpha value is -2.22. The van der Waals surface area contributed by atoms with E-state index in [-0.39, 0.29) is 17.9 Å². The highest BCUT2D eigenvalue weighted by atomic mass is 32.2. The molecular formula is C16H18N2O5S. The Morgan fingerprint density at radius 3 is 2.62 bits per heavy atom. The third-order valence-corrected chi connectivity index (χ3v) is 5.68. The van der Waals surface area contributed by atoms with Crippen molar-refractivity contribution in [2.75, 3.05) is 6.61 Å². The van der Waals surface area contributed by atoms with Gasteiger partial charge in [0.05, 0.1) is 0 Å². The summed E-state index contributed by atoms with van der Waals surface area (Å²) in [6, 6.07) is 7.31. The van der Waals surface area contributed by atoms with Gasteiger partial charge >= 0.3 is 5.97 Å². The van der Waals surface area contributed by atoms with E-state index < -0.39 is 28.7 Å². The summed E-state index contributed by atoms with van der Waals surface area (Å²) in [4.78, 5) is 37.0. The van der Waals surface area contributed by atoms with Crippen molar-refractivity contribution in [1.29, 1.82) is 0 Å². The number of β-lactam (4-membered cyclic amide) rings is 1. The number of thioether (sulfide) groups is 1. The van der Waals surface area contributed by atoms with E-state index in [2.05, 4.69) is 5.32 Å². The molecule has 1 unspecified atom stereocenters. The maximum atomic E-state index is 12.2. The fourth-order valence-corrected chi connectivity index (χ4v) is 4.65. The largest absolute Gasteiger partial charge is 0.484 e. The summed E-state index contributed by atoms with van der Waals surface area (Å²) in [5.41, 5.74) is 0. The van der Waals surface area contributed by atoms with Gasteiger partial charge in [-0.15, -0.1) is 11.8 Å². The van der Waals surface area contributed by atoms with Crippen LogP contribution in [0.5, 0.6) is 5.75 Å². The molecule has 8 heteroatoms. The third-order valence-electron chi connectivity index (χ3n) is 4.10. The summed E-state index contributed by atoms with van der Waals surface area (Å²) in [5, 5.41) is 11.6. The van der Waals surface area contributed by atoms with Crippen molar-refractivity contribution >= 4 is 29.5 Å². The molecule has 3 rings (SSSR count). The smallest absolute Gasteiger partial charge is 0.327 e. The van der Waals surface area contributed by atoms with Crippen LogP contribution in [-0.4, -0.2) is 56.6 Å². The van der Waals surface area contributed by atoms with Crippen LogP contribution in [0.2, 0.25) is 0 Å². The van der Waals surface area contributed by atoms with Crippen molar-refractivity contribution in [2.45, 2.75) is 36.1 Å². The number of ether oxygens (including phenoxy) is 1. The number of amides is 2. The van der Waals surface area contributed by atoms with E-state index in [9.17, 15) is 19.5 Å². The van der Waals surface area contributed by atoms with Crippen LogP contribution < -0.4 is 10.1 Å². The number of benzene rings is 1. The number of para-hydroxylation sites is 1. The zero-order chi connectivity index (χ0) is 17.5. The molecule has 24 heavy (non-hydrogen) atoms. The van der Waals surface area contributed by atoms with Gasteiger partial charge in [0.2, 0.25) is 5.91 Å². The molecule has 0 radical (unpaired) electrons. The second-order valence-corrected chi connectivity index (χ2v) is 8.02. The van der Waals surface area contributed by atoms with E-state index in [4.69, 9.17) is 4.74 Å². The van der Waals surface area contributed by atoms with Gasteiger partial charge in [0.1, 0.15) is 23.2 Å². The Kier molecular flexibility index (Phi) is 4.16. The Labute approximate surface area is 143 Å². The normalized spacial score (nSPS) is 27.2. The van der Waals surface area contributed by atoms with Gasteiger partial charge in [0, 0.05) is 4.75 Å². The molecule has 0 saturated carbocycles. The first-order valence-corrected chi connectivity index (χ1v) is 8.39. The second kappa shape index (κ2) is 6.01. The summed E-state index contributed by atoms with van der Waals surface area (Å²) < 4.78 is 4.74. The lowest BCUT2D eigenvalue weighted by atomic mass is 9.96. The minimum Gasteiger partial charge on any atom is -0.484 e. The van der Waals surface area contributed by atoms with Crippen LogP contribution in [0.4, 0.5) is 0 Å². The molecule has 128 valence electrons. The second-order valence-electron chi connectivity index (χ2n) is 6.25. The topological polar surface area (TPSA) is 95.9 Å². The predicted octanol–water partition coefficient (Wildman–Crippen LogP) is 0.697. The van der Waals surface area contributed by atoms with E-state index in [1.54, 1.807) is 38.1 Å². The number of carboxylic acid groups (broad SMARTS) is 1. The molecule has 2 N–H and O–H groups in total. The first kappa shape index (κ1) is 16.6. The van der Waals surface area contributed by atoms with Crippen LogP contribution >= 0.6 is 11.8 Å². The third kappa shape index (κ3) is 2.82. The molecule has 0 aromatic heterocycles. The van der Waals surface area contributed by atoms with Gasteiger partial charge < -0.3 is 20.1 Å². The molecule has 7 nitrogen and oxygen atoms in total. The summed E-state index contributed by atoms with van der Waals surface area (Å²) in [7, 11) is 0. The highest BCUT2D eigenvalue weighted by Crippen LogP contribution is 2.50. The quantitative estimate of drug-likeness (QED) is 0.759. The number of nitrogens with zero attached hydrogens (tertiary/aromatic N) is 1. The highest BCUT2D eigenvalue weighted by molar-refractivity contribution is 8.01. The standard InChI is InChI=1S/C16H18N2O5S/c1-16(2)12(15(21)22)18-13(20)11(14(18)24-16)17-10(19)8-23-9-6-4-3-5-7-9/h3-7,11-12,14H,8H2,1-2H3,(H,17,19)(H,21,22)/t11-,12?,14-/m1/s1. The minimum atomic E-state index is -1.03. The molecule has 0 spiro atoms. The van der Waals surface area contributed by atoms with Crippen LogP contribution in [0.1, 0.15) is 13.8 Å². The van der Waals surface area contributed by atoms with Gasteiger partial charge in [0.15, 0.2) is 6.61 Å². The van der Waals surface area contributed by atoms with Gasteiger partial charge in [-0.1, -0.05) is 18.2 Å². The fourth-order valence-electron chi connectivity index (χ4n) is 3.03. The zero-order valence-electron chi connectivity index (χ0n) is 13.3. The lowest BCUT2D eigenvalue weighted by Gasteiger charge is -2.43. The number of carboxylic acids is 1. The molecule has 2 fully saturated rings. The van der Waals surface area contributed by atoms with E-state index in [1.807, 2.05) is 6.07 Å². The minimum absolute atomic E-state index is 0.197. The predicted molar refractivity (Wildman–Crippen MR) is 87.6 cm³/mol. The molecule has 2 aliphatic heterocycles. The van der Waals surface area contributed by atoms with Crippen molar-refractivity contribution in [3.8, 4) is 5.75 Å². The number of nitrogens with one attached hydrogen (secondary N) is 1. The van der Waals surface area contributed by atoms with Crippen LogP contribution in [0.25, 0.3) is 0 Å².